The van der Waals surface area contributed by atoms with Crippen molar-refractivity contribution in [3.05, 3.63) is 35.9 Å². The summed E-state index contributed by atoms with van der Waals surface area (Å²) in [4.78, 5) is 13.5. The molecule has 0 bridgehead atoms. The van der Waals surface area contributed by atoms with E-state index in [2.05, 4.69) is 31.2 Å². The average molecular weight is 255 g/mol. The second-order valence-corrected chi connectivity index (χ2v) is 4.34. The van der Waals surface area contributed by atoms with Crippen molar-refractivity contribution in [2.24, 2.45) is 5.73 Å². The summed E-state index contributed by atoms with van der Waals surface area (Å²) in [6.07, 6.45) is 1.04. The molecule has 1 aliphatic rings. The van der Waals surface area contributed by atoms with Crippen molar-refractivity contribution < 1.29 is 4.79 Å². The van der Waals surface area contributed by atoms with Crippen molar-refractivity contribution in [3.63, 3.8) is 0 Å². The topological polar surface area (TPSA) is 46.3 Å². The zero-order valence-electron chi connectivity index (χ0n) is 10.0. The minimum atomic E-state index is 0. The van der Waals surface area contributed by atoms with Gasteiger partial charge in [0.05, 0.1) is 6.54 Å². The lowest BCUT2D eigenvalue weighted by Gasteiger charge is -2.24. The smallest absolute Gasteiger partial charge is 0.236 e. The Morgan fingerprint density at radius 2 is 2.06 bits per heavy atom. The number of benzene rings is 1. The van der Waals surface area contributed by atoms with Gasteiger partial charge in [-0.25, -0.2) is 0 Å². The third kappa shape index (κ3) is 2.79. The van der Waals surface area contributed by atoms with Gasteiger partial charge in [-0.15, -0.1) is 12.4 Å². The second kappa shape index (κ2) is 6.03. The monoisotopic (exact) mass is 254 g/mol. The normalized spacial score (nSPS) is 23.3. The Labute approximate surface area is 108 Å². The van der Waals surface area contributed by atoms with Gasteiger partial charge in [-0.05, 0) is 18.9 Å². The first-order chi connectivity index (χ1) is 7.74. The molecule has 17 heavy (non-hydrogen) atoms. The maximum absolute atomic E-state index is 11.6. The zero-order valence-corrected chi connectivity index (χ0v) is 10.8. The van der Waals surface area contributed by atoms with Crippen LogP contribution in [0.2, 0.25) is 0 Å². The predicted molar refractivity (Wildman–Crippen MR) is 71.3 cm³/mol. The first-order valence-corrected chi connectivity index (χ1v) is 5.78. The molecule has 1 saturated heterocycles. The summed E-state index contributed by atoms with van der Waals surface area (Å²) in [5, 5.41) is 0. The summed E-state index contributed by atoms with van der Waals surface area (Å²) < 4.78 is 0. The van der Waals surface area contributed by atoms with Gasteiger partial charge in [-0.3, -0.25) is 4.79 Å². The number of likely N-dealkylation sites (tertiary alicyclic amines) is 1. The van der Waals surface area contributed by atoms with Crippen LogP contribution >= 0.6 is 12.4 Å². The van der Waals surface area contributed by atoms with Crippen molar-refractivity contribution in [2.45, 2.75) is 25.3 Å². The van der Waals surface area contributed by atoms with E-state index in [0.29, 0.717) is 5.92 Å². The first-order valence-electron chi connectivity index (χ1n) is 5.78. The molecular weight excluding hydrogens is 236 g/mol. The van der Waals surface area contributed by atoms with Crippen LogP contribution in [-0.2, 0) is 4.79 Å². The van der Waals surface area contributed by atoms with Gasteiger partial charge in [0.15, 0.2) is 0 Å². The fourth-order valence-corrected chi connectivity index (χ4v) is 2.55. The van der Waals surface area contributed by atoms with Crippen LogP contribution in [0.5, 0.6) is 0 Å². The average Bonchev–Trinajstić information content (AvgIpc) is 2.71. The maximum atomic E-state index is 11.6. The molecule has 0 radical (unpaired) electrons. The molecule has 2 rings (SSSR count). The Kier molecular flexibility index (Phi) is 4.97. The van der Waals surface area contributed by atoms with Gasteiger partial charge in [-0.2, -0.15) is 0 Å². The van der Waals surface area contributed by atoms with Gasteiger partial charge in [-0.1, -0.05) is 30.3 Å². The Bertz CT molecular complexity index is 369. The van der Waals surface area contributed by atoms with Crippen LogP contribution in [0.3, 0.4) is 0 Å². The summed E-state index contributed by atoms with van der Waals surface area (Å²) >= 11 is 0. The minimum Gasteiger partial charge on any atom is -0.338 e. The molecule has 2 N–H and O–H groups in total. The molecule has 1 amide bonds. The quantitative estimate of drug-likeness (QED) is 0.875. The number of hydrogen-bond donors (Lipinski definition) is 1. The molecule has 0 aliphatic carbocycles. The van der Waals surface area contributed by atoms with Gasteiger partial charge in [0.2, 0.25) is 5.91 Å². The Morgan fingerprint density at radius 3 is 2.65 bits per heavy atom. The Morgan fingerprint density at radius 1 is 1.41 bits per heavy atom. The molecule has 4 heteroatoms. The van der Waals surface area contributed by atoms with E-state index in [1.807, 2.05) is 11.0 Å². The molecule has 1 fully saturated rings. The number of halogens is 1. The molecule has 1 aliphatic heterocycles. The third-order valence-corrected chi connectivity index (χ3v) is 3.48. The standard InChI is InChI=1S/C13H18N2O.ClH/c1-10-12(11-5-3-2-4-6-11)7-8-15(10)13(16)9-14;/h2-6,10,12H,7-9,14H2,1H3;1H. The van der Waals surface area contributed by atoms with E-state index < -0.39 is 0 Å². The summed E-state index contributed by atoms with van der Waals surface area (Å²) in [6.45, 7) is 3.06. The van der Waals surface area contributed by atoms with E-state index in [0.717, 1.165) is 13.0 Å². The van der Waals surface area contributed by atoms with E-state index in [9.17, 15) is 4.79 Å². The molecule has 1 heterocycles. The van der Waals surface area contributed by atoms with E-state index in [4.69, 9.17) is 5.73 Å². The predicted octanol–water partition coefficient (Wildman–Crippen LogP) is 1.77. The van der Waals surface area contributed by atoms with Crippen LogP contribution in [0.4, 0.5) is 0 Å². The van der Waals surface area contributed by atoms with E-state index >= 15 is 0 Å². The van der Waals surface area contributed by atoms with Crippen LogP contribution < -0.4 is 5.73 Å². The highest BCUT2D eigenvalue weighted by Crippen LogP contribution is 2.32. The van der Waals surface area contributed by atoms with Crippen molar-refractivity contribution in [2.75, 3.05) is 13.1 Å². The number of carbonyl (C=O) groups excluding carboxylic acids is 1. The molecule has 2 atom stereocenters. The van der Waals surface area contributed by atoms with Gasteiger partial charge < -0.3 is 10.6 Å². The van der Waals surface area contributed by atoms with Crippen LogP contribution in [0.15, 0.2) is 30.3 Å². The lowest BCUT2D eigenvalue weighted by molar-refractivity contribution is -0.130. The maximum Gasteiger partial charge on any atom is 0.236 e. The second-order valence-electron chi connectivity index (χ2n) is 4.34. The molecule has 1 aromatic carbocycles. The molecule has 0 saturated carbocycles. The highest BCUT2D eigenvalue weighted by Gasteiger charge is 2.33. The molecule has 3 nitrogen and oxygen atoms in total. The Balaban J connectivity index is 0.00000144. The SMILES string of the molecule is CC1C(c2ccccc2)CCN1C(=O)CN.Cl. The van der Waals surface area contributed by atoms with Crippen LogP contribution in [0.1, 0.15) is 24.8 Å². The fourth-order valence-electron chi connectivity index (χ4n) is 2.55. The van der Waals surface area contributed by atoms with Crippen molar-refractivity contribution in [1.82, 2.24) is 4.90 Å². The first kappa shape index (κ1) is 14.0. The van der Waals surface area contributed by atoms with Gasteiger partial charge >= 0.3 is 0 Å². The van der Waals surface area contributed by atoms with Gasteiger partial charge in [0.1, 0.15) is 0 Å². The minimum absolute atomic E-state index is 0. The summed E-state index contributed by atoms with van der Waals surface area (Å²) in [5.41, 5.74) is 6.73. The third-order valence-electron chi connectivity index (χ3n) is 3.48. The lowest BCUT2D eigenvalue weighted by atomic mass is 9.93. The molecule has 0 spiro atoms. The van der Waals surface area contributed by atoms with Crippen molar-refractivity contribution in [3.8, 4) is 0 Å². The van der Waals surface area contributed by atoms with Crippen LogP contribution in [0, 0.1) is 0 Å². The van der Waals surface area contributed by atoms with Crippen molar-refractivity contribution >= 4 is 18.3 Å². The molecule has 0 aromatic heterocycles. The highest BCUT2D eigenvalue weighted by molar-refractivity contribution is 5.85. The number of carbonyl (C=O) groups is 1. The van der Waals surface area contributed by atoms with Crippen LogP contribution in [-0.4, -0.2) is 29.9 Å². The molecule has 94 valence electrons. The summed E-state index contributed by atoms with van der Waals surface area (Å²) in [6, 6.07) is 10.7. The summed E-state index contributed by atoms with van der Waals surface area (Å²) in [7, 11) is 0. The van der Waals surface area contributed by atoms with E-state index in [1.165, 1.54) is 5.56 Å². The van der Waals surface area contributed by atoms with Gasteiger partial charge in [0, 0.05) is 18.5 Å². The zero-order chi connectivity index (χ0) is 11.5. The molecular formula is C13H19ClN2O. The van der Waals surface area contributed by atoms with Crippen molar-refractivity contribution in [1.29, 1.82) is 0 Å². The number of nitrogens with zero attached hydrogens (tertiary/aromatic N) is 1. The number of nitrogens with two attached hydrogens (primary N) is 1. The van der Waals surface area contributed by atoms with Crippen LogP contribution in [0.25, 0.3) is 0 Å². The van der Waals surface area contributed by atoms with E-state index in [1.54, 1.807) is 0 Å². The number of rotatable bonds is 2. The van der Waals surface area contributed by atoms with E-state index in [-0.39, 0.29) is 30.9 Å². The van der Waals surface area contributed by atoms with Gasteiger partial charge in [0.25, 0.3) is 0 Å². The largest absolute Gasteiger partial charge is 0.338 e. The summed E-state index contributed by atoms with van der Waals surface area (Å²) in [5.74, 6) is 0.516. The number of hydrogen-bond acceptors (Lipinski definition) is 2. The fraction of sp³-hybridized carbons (Fsp3) is 0.462. The lowest BCUT2D eigenvalue weighted by Crippen LogP contribution is -2.39. The Hall–Kier alpha value is -1.06. The number of amides is 1. The molecule has 2 unspecified atom stereocenters. The highest BCUT2D eigenvalue weighted by atomic mass is 35.5. The molecule has 1 aromatic rings.